The van der Waals surface area contributed by atoms with E-state index in [0.29, 0.717) is 5.56 Å². The number of nitrogens with one attached hydrogen (secondary N) is 1. The number of fused-ring (bicyclic) bond motifs is 1. The number of hydrogen-bond acceptors (Lipinski definition) is 5. The predicted molar refractivity (Wildman–Crippen MR) is 114 cm³/mol. The Labute approximate surface area is 177 Å². The highest BCUT2D eigenvalue weighted by Crippen LogP contribution is 2.32. The lowest BCUT2D eigenvalue weighted by molar-refractivity contribution is -0.119. The van der Waals surface area contributed by atoms with Crippen molar-refractivity contribution in [1.82, 2.24) is 5.32 Å². The van der Waals surface area contributed by atoms with Gasteiger partial charge in [-0.3, -0.25) is 9.59 Å². The normalized spacial score (nSPS) is 11.5. The van der Waals surface area contributed by atoms with Crippen LogP contribution in [0.2, 0.25) is 0 Å². The van der Waals surface area contributed by atoms with Crippen molar-refractivity contribution in [3.05, 3.63) is 64.0 Å². The fourth-order valence-electron chi connectivity index (χ4n) is 3.27. The number of rotatable bonds is 5. The molecule has 0 atom stereocenters. The molecule has 0 aliphatic heterocycles. The average Bonchev–Trinajstić information content (AvgIpc) is 2.67. The van der Waals surface area contributed by atoms with Gasteiger partial charge in [0.2, 0.25) is 0 Å². The summed E-state index contributed by atoms with van der Waals surface area (Å²) in [6, 6.07) is 7.96. The molecule has 0 fully saturated rings. The van der Waals surface area contributed by atoms with Gasteiger partial charge in [-0.25, -0.2) is 13.6 Å². The average molecular weight is 428 g/mol. The van der Waals surface area contributed by atoms with Crippen molar-refractivity contribution >= 4 is 28.3 Å². The summed E-state index contributed by atoms with van der Waals surface area (Å²) in [5.41, 5.74) is 4.93. The third-order valence-electron chi connectivity index (χ3n) is 4.60. The van der Waals surface area contributed by atoms with Gasteiger partial charge in [0.1, 0.15) is 11.1 Å². The number of hydrogen-bond donors (Lipinski definition) is 2. The van der Waals surface area contributed by atoms with Crippen LogP contribution in [0.25, 0.3) is 22.1 Å². The molecule has 162 valence electrons. The monoisotopic (exact) mass is 428 g/mol. The number of carbonyl (C=O) groups excluding carboxylic acids is 2. The maximum atomic E-state index is 13.7. The number of carbonyl (C=O) groups is 2. The molecule has 1 heterocycles. The van der Waals surface area contributed by atoms with Crippen LogP contribution in [0, 0.1) is 17.0 Å². The van der Waals surface area contributed by atoms with E-state index in [-0.39, 0.29) is 46.4 Å². The summed E-state index contributed by atoms with van der Waals surface area (Å²) in [5.74, 6) is -3.08. The summed E-state index contributed by atoms with van der Waals surface area (Å²) in [6.45, 7) is 5.44. The molecule has 0 aliphatic carbocycles. The van der Waals surface area contributed by atoms with Crippen LogP contribution < -0.4 is 16.7 Å². The van der Waals surface area contributed by atoms with E-state index in [0.717, 1.165) is 12.1 Å². The van der Waals surface area contributed by atoms with Gasteiger partial charge in [0.15, 0.2) is 17.4 Å². The number of nitrogens with two attached hydrogens (primary N) is 1. The zero-order valence-electron chi connectivity index (χ0n) is 17.3. The number of anilines is 1. The molecule has 0 saturated carbocycles. The highest BCUT2D eigenvalue weighted by Gasteiger charge is 2.23. The second-order valence-corrected chi connectivity index (χ2v) is 8.45. The van der Waals surface area contributed by atoms with Gasteiger partial charge >= 0.3 is 5.63 Å². The smallest absolute Gasteiger partial charge is 0.351 e. The molecular weight excluding hydrogens is 406 g/mol. The number of halogens is 2. The third-order valence-corrected chi connectivity index (χ3v) is 4.60. The van der Waals surface area contributed by atoms with Crippen LogP contribution in [0.1, 0.15) is 37.6 Å². The first-order valence-electron chi connectivity index (χ1n) is 9.58. The molecule has 3 N–H and O–H groups in total. The van der Waals surface area contributed by atoms with Crippen LogP contribution in [-0.2, 0) is 4.79 Å². The van der Waals surface area contributed by atoms with Gasteiger partial charge in [-0.1, -0.05) is 39.0 Å². The van der Waals surface area contributed by atoms with Gasteiger partial charge in [-0.15, -0.1) is 0 Å². The van der Waals surface area contributed by atoms with Crippen LogP contribution in [0.5, 0.6) is 0 Å². The highest BCUT2D eigenvalue weighted by atomic mass is 19.2. The quantitative estimate of drug-likeness (QED) is 0.597. The van der Waals surface area contributed by atoms with Crippen molar-refractivity contribution in [1.29, 1.82) is 0 Å². The Bertz CT molecular complexity index is 1240. The van der Waals surface area contributed by atoms with Crippen molar-refractivity contribution < 1.29 is 22.8 Å². The van der Waals surface area contributed by atoms with E-state index in [2.05, 4.69) is 5.32 Å². The van der Waals surface area contributed by atoms with Crippen LogP contribution in [0.3, 0.4) is 0 Å². The molecule has 0 radical (unpaired) electrons. The van der Waals surface area contributed by atoms with Gasteiger partial charge in [0.25, 0.3) is 5.91 Å². The number of amides is 1. The van der Waals surface area contributed by atoms with Gasteiger partial charge in [-0.2, -0.15) is 0 Å². The van der Waals surface area contributed by atoms with Crippen molar-refractivity contribution in [3.63, 3.8) is 0 Å². The molecule has 0 spiro atoms. The Balaban J connectivity index is 1.99. The maximum Gasteiger partial charge on any atom is 0.351 e. The Morgan fingerprint density at radius 3 is 2.45 bits per heavy atom. The number of Topliss-reactive ketones (excluding diaryl/α,β-unsaturated/α-hetero) is 1. The number of para-hydroxylation sites is 1. The first-order valence-corrected chi connectivity index (χ1v) is 9.58. The first-order chi connectivity index (χ1) is 14.5. The Morgan fingerprint density at radius 2 is 1.81 bits per heavy atom. The molecule has 3 rings (SSSR count). The molecule has 3 aromatic rings. The molecule has 8 heteroatoms. The van der Waals surface area contributed by atoms with E-state index in [9.17, 15) is 23.2 Å². The van der Waals surface area contributed by atoms with E-state index in [4.69, 9.17) is 10.2 Å². The topological polar surface area (TPSA) is 102 Å². The highest BCUT2D eigenvalue weighted by molar-refractivity contribution is 6.08. The minimum absolute atomic E-state index is 0.0383. The molecule has 0 aliphatic rings. The van der Waals surface area contributed by atoms with Gasteiger partial charge in [0, 0.05) is 17.4 Å². The van der Waals surface area contributed by atoms with Crippen LogP contribution in [0.4, 0.5) is 14.5 Å². The SMILES string of the molecule is CC(C)(C)CC(=O)CNC(=O)c1c(N)c2cccc(-c3ccc(F)c(F)c3)c2oc1=O. The van der Waals surface area contributed by atoms with E-state index < -0.39 is 28.7 Å². The predicted octanol–water partition coefficient (Wildman–Crippen LogP) is 4.06. The van der Waals surface area contributed by atoms with Crippen molar-refractivity contribution in [2.75, 3.05) is 12.3 Å². The molecule has 0 saturated heterocycles. The van der Waals surface area contributed by atoms with E-state index in [1.54, 1.807) is 18.2 Å². The molecule has 0 unspecified atom stereocenters. The Kier molecular flexibility index (Phi) is 5.92. The lowest BCUT2D eigenvalue weighted by atomic mass is 9.90. The van der Waals surface area contributed by atoms with Gasteiger partial charge in [0.05, 0.1) is 12.2 Å². The second kappa shape index (κ2) is 8.29. The van der Waals surface area contributed by atoms with E-state index >= 15 is 0 Å². The number of ketones is 1. The van der Waals surface area contributed by atoms with Crippen molar-refractivity contribution in [2.24, 2.45) is 5.41 Å². The molecule has 2 aromatic carbocycles. The first kappa shape index (κ1) is 22.1. The van der Waals surface area contributed by atoms with Crippen LogP contribution in [0.15, 0.2) is 45.6 Å². The van der Waals surface area contributed by atoms with Gasteiger partial charge in [-0.05, 0) is 29.2 Å². The summed E-state index contributed by atoms with van der Waals surface area (Å²) in [4.78, 5) is 37.1. The molecule has 0 bridgehead atoms. The zero-order chi connectivity index (χ0) is 22.9. The standard InChI is InChI=1S/C23H22F2N2O4/c1-23(2,3)10-13(28)11-27-21(29)18-19(26)15-6-4-5-14(20(15)31-22(18)30)12-7-8-16(24)17(25)9-12/h4-9H,10-11,26H2,1-3H3,(H,27,29). The van der Waals surface area contributed by atoms with E-state index in [1.807, 2.05) is 20.8 Å². The molecule has 6 nitrogen and oxygen atoms in total. The Hall–Kier alpha value is -3.55. The minimum Gasteiger partial charge on any atom is -0.421 e. The molecule has 1 amide bonds. The molecular formula is C23H22F2N2O4. The largest absolute Gasteiger partial charge is 0.421 e. The summed E-state index contributed by atoms with van der Waals surface area (Å²) in [5, 5.41) is 2.67. The third kappa shape index (κ3) is 4.79. The summed E-state index contributed by atoms with van der Waals surface area (Å²) < 4.78 is 32.3. The van der Waals surface area contributed by atoms with Gasteiger partial charge < -0.3 is 15.5 Å². The molecule has 1 aromatic heterocycles. The fraction of sp³-hybridized carbons (Fsp3) is 0.261. The van der Waals surface area contributed by atoms with Crippen LogP contribution in [-0.4, -0.2) is 18.2 Å². The van der Waals surface area contributed by atoms with Crippen LogP contribution >= 0.6 is 0 Å². The van der Waals surface area contributed by atoms with Crippen molar-refractivity contribution in [3.8, 4) is 11.1 Å². The molecule has 31 heavy (non-hydrogen) atoms. The minimum atomic E-state index is -1.05. The van der Waals surface area contributed by atoms with E-state index in [1.165, 1.54) is 6.07 Å². The lowest BCUT2D eigenvalue weighted by Crippen LogP contribution is -2.34. The second-order valence-electron chi connectivity index (χ2n) is 8.45. The summed E-state index contributed by atoms with van der Waals surface area (Å²) in [6.07, 6.45) is 0.257. The maximum absolute atomic E-state index is 13.7. The number of benzene rings is 2. The Morgan fingerprint density at radius 1 is 1.10 bits per heavy atom. The fourth-order valence-corrected chi connectivity index (χ4v) is 3.27. The van der Waals surface area contributed by atoms with Crippen molar-refractivity contribution in [2.45, 2.75) is 27.2 Å². The summed E-state index contributed by atoms with van der Waals surface area (Å²) in [7, 11) is 0. The number of nitrogen functional groups attached to an aromatic ring is 1. The summed E-state index contributed by atoms with van der Waals surface area (Å²) >= 11 is 0. The zero-order valence-corrected chi connectivity index (χ0v) is 17.3. The lowest BCUT2D eigenvalue weighted by Gasteiger charge is -2.17.